The molecule has 0 radical (unpaired) electrons. The predicted octanol–water partition coefficient (Wildman–Crippen LogP) is 3.53. The maximum atomic E-state index is 5.35. The Morgan fingerprint density at radius 2 is 1.94 bits per heavy atom. The Balaban J connectivity index is 1.57. The number of rotatable bonds is 4. The van der Waals surface area contributed by atoms with Gasteiger partial charge >= 0.3 is 0 Å². The fourth-order valence-electron chi connectivity index (χ4n) is 1.84. The SMILES string of the molecule is Brc1cc(CNCc2ccc3c(c2)OCO3)cs1. The van der Waals surface area contributed by atoms with E-state index in [0.29, 0.717) is 6.79 Å². The summed E-state index contributed by atoms with van der Waals surface area (Å²) in [6, 6.07) is 8.18. The molecule has 5 heteroatoms. The summed E-state index contributed by atoms with van der Waals surface area (Å²) in [5.74, 6) is 1.67. The molecule has 0 aliphatic carbocycles. The maximum absolute atomic E-state index is 5.35. The Morgan fingerprint density at radius 3 is 2.78 bits per heavy atom. The van der Waals surface area contributed by atoms with Crippen molar-refractivity contribution < 1.29 is 9.47 Å². The Morgan fingerprint density at radius 1 is 1.11 bits per heavy atom. The molecule has 2 aromatic rings. The fraction of sp³-hybridized carbons (Fsp3) is 0.231. The van der Waals surface area contributed by atoms with Crippen LogP contribution in [-0.4, -0.2) is 6.79 Å². The van der Waals surface area contributed by atoms with Gasteiger partial charge in [0.25, 0.3) is 0 Å². The number of thiophene rings is 1. The zero-order valence-corrected chi connectivity index (χ0v) is 12.0. The highest BCUT2D eigenvalue weighted by atomic mass is 79.9. The van der Waals surface area contributed by atoms with Crippen LogP contribution < -0.4 is 14.8 Å². The lowest BCUT2D eigenvalue weighted by atomic mass is 10.2. The lowest BCUT2D eigenvalue weighted by molar-refractivity contribution is 0.174. The van der Waals surface area contributed by atoms with Gasteiger partial charge in [0.1, 0.15) is 0 Å². The third-order valence-electron chi connectivity index (χ3n) is 2.72. The lowest BCUT2D eigenvalue weighted by Gasteiger charge is -2.04. The minimum absolute atomic E-state index is 0.329. The highest BCUT2D eigenvalue weighted by Gasteiger charge is 2.12. The van der Waals surface area contributed by atoms with Gasteiger partial charge in [-0.25, -0.2) is 0 Å². The van der Waals surface area contributed by atoms with Crippen molar-refractivity contribution in [3.05, 3.63) is 44.6 Å². The molecule has 1 N–H and O–H groups in total. The second kappa shape index (κ2) is 5.30. The Hall–Kier alpha value is -1.04. The first-order valence-electron chi connectivity index (χ1n) is 5.63. The molecule has 0 spiro atoms. The molecule has 1 aromatic carbocycles. The van der Waals surface area contributed by atoms with Gasteiger partial charge in [0.05, 0.1) is 3.79 Å². The zero-order chi connectivity index (χ0) is 12.4. The quantitative estimate of drug-likeness (QED) is 0.932. The fourth-order valence-corrected chi connectivity index (χ4v) is 3.05. The van der Waals surface area contributed by atoms with Gasteiger partial charge < -0.3 is 14.8 Å². The van der Waals surface area contributed by atoms with Gasteiger partial charge in [-0.05, 0) is 50.6 Å². The molecule has 1 aliphatic heterocycles. The van der Waals surface area contributed by atoms with Crippen LogP contribution in [0.1, 0.15) is 11.1 Å². The standard InChI is InChI=1S/C13H12BrNO2S/c14-13-4-10(7-18-13)6-15-5-9-1-2-11-12(3-9)17-8-16-11/h1-4,7,15H,5-6,8H2. The number of hydrogen-bond donors (Lipinski definition) is 1. The first-order chi connectivity index (χ1) is 8.81. The van der Waals surface area contributed by atoms with E-state index in [2.05, 4.69) is 38.8 Å². The average molecular weight is 326 g/mol. The molecule has 0 fully saturated rings. The van der Waals surface area contributed by atoms with Gasteiger partial charge in [-0.3, -0.25) is 0 Å². The largest absolute Gasteiger partial charge is 0.454 e. The van der Waals surface area contributed by atoms with Gasteiger partial charge in [0.15, 0.2) is 11.5 Å². The van der Waals surface area contributed by atoms with Crippen molar-refractivity contribution in [3.8, 4) is 11.5 Å². The summed E-state index contributed by atoms with van der Waals surface area (Å²) in [5.41, 5.74) is 2.50. The lowest BCUT2D eigenvalue weighted by Crippen LogP contribution is -2.11. The van der Waals surface area contributed by atoms with Gasteiger partial charge in [0, 0.05) is 13.1 Å². The molecular formula is C13H12BrNO2S. The zero-order valence-electron chi connectivity index (χ0n) is 9.61. The molecule has 18 heavy (non-hydrogen) atoms. The van der Waals surface area contributed by atoms with E-state index >= 15 is 0 Å². The molecular weight excluding hydrogens is 314 g/mol. The molecule has 0 atom stereocenters. The normalized spacial score (nSPS) is 12.9. The molecule has 0 bridgehead atoms. The van der Waals surface area contributed by atoms with Crippen molar-refractivity contribution in [2.75, 3.05) is 6.79 Å². The molecule has 1 aliphatic rings. The van der Waals surface area contributed by atoms with Crippen LogP contribution in [-0.2, 0) is 13.1 Å². The highest BCUT2D eigenvalue weighted by Crippen LogP contribution is 2.32. The van der Waals surface area contributed by atoms with E-state index in [0.717, 1.165) is 24.6 Å². The van der Waals surface area contributed by atoms with E-state index in [1.807, 2.05) is 12.1 Å². The van der Waals surface area contributed by atoms with Crippen molar-refractivity contribution in [1.82, 2.24) is 5.32 Å². The summed E-state index contributed by atoms with van der Waals surface area (Å²) in [5, 5.41) is 5.56. The van der Waals surface area contributed by atoms with Crippen molar-refractivity contribution in [2.24, 2.45) is 0 Å². The second-order valence-corrected chi connectivity index (χ2v) is 6.34. The van der Waals surface area contributed by atoms with E-state index in [-0.39, 0.29) is 0 Å². The highest BCUT2D eigenvalue weighted by molar-refractivity contribution is 9.11. The topological polar surface area (TPSA) is 30.5 Å². The Kier molecular flexibility index (Phi) is 3.54. The molecule has 94 valence electrons. The number of nitrogens with one attached hydrogen (secondary N) is 1. The maximum Gasteiger partial charge on any atom is 0.231 e. The van der Waals surface area contributed by atoms with E-state index in [1.54, 1.807) is 11.3 Å². The minimum Gasteiger partial charge on any atom is -0.454 e. The van der Waals surface area contributed by atoms with Crippen LogP contribution in [0.3, 0.4) is 0 Å². The number of hydrogen-bond acceptors (Lipinski definition) is 4. The molecule has 1 aromatic heterocycles. The molecule has 0 unspecified atom stereocenters. The average Bonchev–Trinajstić information content (AvgIpc) is 2.97. The smallest absolute Gasteiger partial charge is 0.231 e. The first kappa shape index (κ1) is 12.0. The third-order valence-corrected chi connectivity index (χ3v) is 4.27. The van der Waals surface area contributed by atoms with Gasteiger partial charge in [0.2, 0.25) is 6.79 Å². The van der Waals surface area contributed by atoms with E-state index in [9.17, 15) is 0 Å². The van der Waals surface area contributed by atoms with Crippen LogP contribution in [0, 0.1) is 0 Å². The molecule has 3 nitrogen and oxygen atoms in total. The molecule has 3 rings (SSSR count). The van der Waals surface area contributed by atoms with E-state index in [4.69, 9.17) is 9.47 Å². The van der Waals surface area contributed by atoms with Crippen molar-refractivity contribution >= 4 is 27.3 Å². The number of halogens is 1. The number of benzene rings is 1. The van der Waals surface area contributed by atoms with Crippen molar-refractivity contribution in [2.45, 2.75) is 13.1 Å². The molecule has 0 saturated carbocycles. The van der Waals surface area contributed by atoms with Crippen LogP contribution in [0.4, 0.5) is 0 Å². The second-order valence-electron chi connectivity index (χ2n) is 4.05. The monoisotopic (exact) mass is 325 g/mol. The first-order valence-corrected chi connectivity index (χ1v) is 7.31. The van der Waals surface area contributed by atoms with Gasteiger partial charge in [-0.2, -0.15) is 0 Å². The van der Waals surface area contributed by atoms with Gasteiger partial charge in [-0.1, -0.05) is 6.07 Å². The van der Waals surface area contributed by atoms with Crippen LogP contribution in [0.5, 0.6) is 11.5 Å². The van der Waals surface area contributed by atoms with Crippen LogP contribution in [0.15, 0.2) is 33.4 Å². The summed E-state index contributed by atoms with van der Waals surface area (Å²) in [4.78, 5) is 0. The Bertz CT molecular complexity index is 556. The Labute approximate surface area is 118 Å². The molecule has 2 heterocycles. The van der Waals surface area contributed by atoms with Crippen LogP contribution >= 0.6 is 27.3 Å². The minimum atomic E-state index is 0.329. The number of fused-ring (bicyclic) bond motifs is 1. The molecule has 0 saturated heterocycles. The van der Waals surface area contributed by atoms with Crippen molar-refractivity contribution in [3.63, 3.8) is 0 Å². The molecule has 0 amide bonds. The van der Waals surface area contributed by atoms with Crippen LogP contribution in [0.25, 0.3) is 0 Å². The van der Waals surface area contributed by atoms with Gasteiger partial charge in [-0.15, -0.1) is 11.3 Å². The summed E-state index contributed by atoms with van der Waals surface area (Å²) < 4.78 is 11.8. The van der Waals surface area contributed by atoms with E-state index < -0.39 is 0 Å². The summed E-state index contributed by atoms with van der Waals surface area (Å²) in [6.45, 7) is 2.02. The third kappa shape index (κ3) is 2.68. The summed E-state index contributed by atoms with van der Waals surface area (Å²) in [6.07, 6.45) is 0. The van der Waals surface area contributed by atoms with E-state index in [1.165, 1.54) is 14.9 Å². The predicted molar refractivity (Wildman–Crippen MR) is 75.1 cm³/mol. The van der Waals surface area contributed by atoms with Crippen LogP contribution in [0.2, 0.25) is 0 Å². The summed E-state index contributed by atoms with van der Waals surface area (Å²) in [7, 11) is 0. The number of ether oxygens (including phenoxy) is 2. The summed E-state index contributed by atoms with van der Waals surface area (Å²) >= 11 is 5.17. The van der Waals surface area contributed by atoms with Crippen molar-refractivity contribution in [1.29, 1.82) is 0 Å².